The fourth-order valence-corrected chi connectivity index (χ4v) is 4.27. The van der Waals surface area contributed by atoms with E-state index in [9.17, 15) is 9.18 Å². The molecule has 2 N–H and O–H groups in total. The molecule has 0 spiro atoms. The summed E-state index contributed by atoms with van der Waals surface area (Å²) in [5.41, 5.74) is -0.393. The van der Waals surface area contributed by atoms with Gasteiger partial charge in [-0.1, -0.05) is 23.7 Å². The lowest BCUT2D eigenvalue weighted by atomic mass is 9.74. The molecular weight excluding hydrogens is 438 g/mol. The van der Waals surface area contributed by atoms with Crippen LogP contribution in [-0.2, 0) is 5.41 Å². The fraction of sp³-hybridized carbons (Fsp3) is 0.273. The molecular formula is C22H19ClF2N6O. The first kappa shape index (κ1) is 20.7. The van der Waals surface area contributed by atoms with Crippen molar-refractivity contribution in [1.82, 2.24) is 20.3 Å². The maximum atomic E-state index is 15.2. The minimum Gasteiger partial charge on any atom is -0.349 e. The molecule has 1 saturated heterocycles. The highest BCUT2D eigenvalue weighted by Crippen LogP contribution is 2.42. The van der Waals surface area contributed by atoms with Crippen molar-refractivity contribution in [2.45, 2.75) is 18.4 Å². The lowest BCUT2D eigenvalue weighted by molar-refractivity contribution is 0.0967. The molecule has 0 saturated carbocycles. The van der Waals surface area contributed by atoms with E-state index in [0.29, 0.717) is 11.6 Å². The zero-order chi connectivity index (χ0) is 22.5. The van der Waals surface area contributed by atoms with Gasteiger partial charge in [-0.2, -0.15) is 0 Å². The number of amides is 1. The third kappa shape index (κ3) is 3.28. The number of rotatable bonds is 4. The summed E-state index contributed by atoms with van der Waals surface area (Å²) in [6, 6.07) is 7.50. The SMILES string of the molecule is CC1(c2cccc(Cl)c2F)CN(c2ncccc2F)C(=O)c2cnc(NC3CNC3)nc21. The molecule has 2 aromatic heterocycles. The number of nitrogens with zero attached hydrogens (tertiary/aromatic N) is 4. The summed E-state index contributed by atoms with van der Waals surface area (Å²) in [5, 5.41) is 6.31. The molecule has 1 atom stereocenters. The highest BCUT2D eigenvalue weighted by atomic mass is 35.5. The van der Waals surface area contributed by atoms with Crippen molar-refractivity contribution in [3.05, 3.63) is 76.2 Å². The Morgan fingerprint density at radius 2 is 2.03 bits per heavy atom. The number of anilines is 2. The Bertz CT molecular complexity index is 1220. The minimum atomic E-state index is -1.14. The number of carbonyl (C=O) groups excluding carboxylic acids is 1. The molecule has 0 bridgehead atoms. The summed E-state index contributed by atoms with van der Waals surface area (Å²) < 4.78 is 29.8. The Morgan fingerprint density at radius 1 is 1.22 bits per heavy atom. The van der Waals surface area contributed by atoms with E-state index in [1.54, 1.807) is 19.1 Å². The van der Waals surface area contributed by atoms with Crippen LogP contribution in [-0.4, -0.2) is 46.5 Å². The Kier molecular flexibility index (Phi) is 5.02. The molecule has 32 heavy (non-hydrogen) atoms. The first-order chi connectivity index (χ1) is 15.4. The molecule has 1 aromatic carbocycles. The van der Waals surface area contributed by atoms with Crippen LogP contribution < -0.4 is 15.5 Å². The zero-order valence-corrected chi connectivity index (χ0v) is 17.8. The Morgan fingerprint density at radius 3 is 2.75 bits per heavy atom. The van der Waals surface area contributed by atoms with Crippen molar-refractivity contribution in [3.8, 4) is 0 Å². The lowest BCUT2D eigenvalue weighted by Gasteiger charge is -2.41. The Hall–Kier alpha value is -3.17. The van der Waals surface area contributed by atoms with Crippen LogP contribution in [0.5, 0.6) is 0 Å². The van der Waals surface area contributed by atoms with Crippen molar-refractivity contribution < 1.29 is 13.6 Å². The van der Waals surface area contributed by atoms with Crippen LogP contribution in [0.4, 0.5) is 20.5 Å². The van der Waals surface area contributed by atoms with E-state index in [1.807, 2.05) is 0 Å². The van der Waals surface area contributed by atoms with E-state index in [1.165, 1.54) is 35.5 Å². The molecule has 1 amide bonds. The number of pyridine rings is 1. The first-order valence-corrected chi connectivity index (χ1v) is 10.5. The number of halogens is 3. The average Bonchev–Trinajstić information content (AvgIpc) is 2.76. The Balaban J connectivity index is 1.69. The maximum Gasteiger partial charge on any atom is 0.263 e. The minimum absolute atomic E-state index is 0.0503. The first-order valence-electron chi connectivity index (χ1n) is 10.1. The van der Waals surface area contributed by atoms with Crippen molar-refractivity contribution in [1.29, 1.82) is 0 Å². The molecule has 2 aliphatic rings. The second kappa shape index (κ2) is 7.75. The van der Waals surface area contributed by atoms with Crippen LogP contribution in [0, 0.1) is 11.6 Å². The number of benzene rings is 1. The van der Waals surface area contributed by atoms with E-state index in [-0.39, 0.29) is 34.6 Å². The number of aromatic nitrogens is 3. The van der Waals surface area contributed by atoms with Crippen LogP contribution in [0.2, 0.25) is 5.02 Å². The van der Waals surface area contributed by atoms with Crippen molar-refractivity contribution in [2.75, 3.05) is 29.9 Å². The summed E-state index contributed by atoms with van der Waals surface area (Å²) >= 11 is 6.08. The summed E-state index contributed by atoms with van der Waals surface area (Å²) in [6.07, 6.45) is 2.79. The molecule has 3 aromatic rings. The summed E-state index contributed by atoms with van der Waals surface area (Å²) in [4.78, 5) is 27.5. The van der Waals surface area contributed by atoms with Crippen molar-refractivity contribution in [2.24, 2.45) is 0 Å². The molecule has 0 radical (unpaired) electrons. The van der Waals surface area contributed by atoms with E-state index >= 15 is 4.39 Å². The summed E-state index contributed by atoms with van der Waals surface area (Å²) in [6.45, 7) is 3.21. The normalized spacial score (nSPS) is 20.6. The van der Waals surface area contributed by atoms with Crippen LogP contribution >= 0.6 is 11.6 Å². The predicted molar refractivity (Wildman–Crippen MR) is 116 cm³/mol. The summed E-state index contributed by atoms with van der Waals surface area (Å²) in [5.74, 6) is -1.58. The highest BCUT2D eigenvalue weighted by Gasteiger charge is 2.46. The molecule has 1 unspecified atom stereocenters. The number of hydrogen-bond acceptors (Lipinski definition) is 6. The molecule has 0 aliphatic carbocycles. The van der Waals surface area contributed by atoms with Crippen molar-refractivity contribution in [3.63, 3.8) is 0 Å². The van der Waals surface area contributed by atoms with Crippen LogP contribution in [0.15, 0.2) is 42.7 Å². The van der Waals surface area contributed by atoms with Gasteiger partial charge in [0.05, 0.1) is 27.7 Å². The van der Waals surface area contributed by atoms with Gasteiger partial charge >= 0.3 is 0 Å². The van der Waals surface area contributed by atoms with Crippen molar-refractivity contribution >= 4 is 29.3 Å². The average molecular weight is 457 g/mol. The van der Waals surface area contributed by atoms with Gasteiger partial charge in [0.1, 0.15) is 5.82 Å². The molecule has 164 valence electrons. The van der Waals surface area contributed by atoms with Gasteiger partial charge in [0, 0.05) is 37.6 Å². The zero-order valence-electron chi connectivity index (χ0n) is 17.1. The predicted octanol–water partition coefficient (Wildman–Crippen LogP) is 3.15. The van der Waals surface area contributed by atoms with Gasteiger partial charge < -0.3 is 10.6 Å². The molecule has 4 heterocycles. The third-order valence-corrected chi connectivity index (χ3v) is 6.21. The largest absolute Gasteiger partial charge is 0.349 e. The van der Waals surface area contributed by atoms with Gasteiger partial charge in [0.2, 0.25) is 5.95 Å². The summed E-state index contributed by atoms with van der Waals surface area (Å²) in [7, 11) is 0. The second-order valence-corrected chi connectivity index (χ2v) is 8.50. The smallest absolute Gasteiger partial charge is 0.263 e. The number of nitrogens with one attached hydrogen (secondary N) is 2. The standard InChI is InChI=1S/C22H19ClF2N6O/c1-22(14-4-2-5-15(23)17(14)25)11-31(19-16(24)6-3-7-27-19)20(32)13-10-28-21(30-18(13)22)29-12-8-26-9-12/h2-7,10,12,26H,8-9,11H2,1H3,(H,28,29,30). The van der Waals surface area contributed by atoms with E-state index in [2.05, 4.69) is 25.6 Å². The lowest BCUT2D eigenvalue weighted by Crippen LogP contribution is -2.52. The molecule has 5 rings (SSSR count). The molecule has 1 fully saturated rings. The number of hydrogen-bond donors (Lipinski definition) is 2. The maximum absolute atomic E-state index is 15.2. The van der Waals surface area contributed by atoms with Gasteiger partial charge in [0.25, 0.3) is 5.91 Å². The monoisotopic (exact) mass is 456 g/mol. The number of carbonyl (C=O) groups is 1. The third-order valence-electron chi connectivity index (χ3n) is 5.92. The van der Waals surface area contributed by atoms with Gasteiger partial charge in [-0.05, 0) is 25.1 Å². The van der Waals surface area contributed by atoms with Gasteiger partial charge in [-0.15, -0.1) is 0 Å². The molecule has 7 nitrogen and oxygen atoms in total. The second-order valence-electron chi connectivity index (χ2n) is 8.09. The van der Waals surface area contributed by atoms with E-state index in [4.69, 9.17) is 11.6 Å². The quantitative estimate of drug-likeness (QED) is 0.627. The number of fused-ring (bicyclic) bond motifs is 1. The van der Waals surface area contributed by atoms with E-state index < -0.39 is 23.0 Å². The van der Waals surface area contributed by atoms with Gasteiger partial charge in [-0.3, -0.25) is 9.69 Å². The van der Waals surface area contributed by atoms with E-state index in [0.717, 1.165) is 13.1 Å². The van der Waals surface area contributed by atoms with Crippen LogP contribution in [0.25, 0.3) is 0 Å². The van der Waals surface area contributed by atoms with Gasteiger partial charge in [0.15, 0.2) is 11.6 Å². The topological polar surface area (TPSA) is 83.0 Å². The molecule has 10 heteroatoms. The van der Waals surface area contributed by atoms with Gasteiger partial charge in [-0.25, -0.2) is 23.7 Å². The Labute approximate surface area is 187 Å². The molecule has 2 aliphatic heterocycles. The fourth-order valence-electron chi connectivity index (χ4n) is 4.10. The van der Waals surface area contributed by atoms with Crippen LogP contribution in [0.3, 0.4) is 0 Å². The van der Waals surface area contributed by atoms with Crippen LogP contribution in [0.1, 0.15) is 28.5 Å². The highest BCUT2D eigenvalue weighted by molar-refractivity contribution is 6.30.